The van der Waals surface area contributed by atoms with Gasteiger partial charge in [-0.15, -0.1) is 0 Å². The van der Waals surface area contributed by atoms with E-state index in [1.54, 1.807) is 0 Å². The number of anilines is 1. The van der Waals surface area contributed by atoms with E-state index in [0.717, 1.165) is 0 Å². The topological polar surface area (TPSA) is 49.8 Å². The first-order valence-electron chi connectivity index (χ1n) is 6.84. The van der Waals surface area contributed by atoms with Crippen LogP contribution in [0, 0.1) is 0 Å². The molecule has 4 nitrogen and oxygen atoms in total. The number of rotatable bonds is 4. The molecule has 0 spiro atoms. The number of benzene rings is 1. The molecule has 0 aliphatic carbocycles. The minimum Gasteiger partial charge on any atom is -0.480 e. The Morgan fingerprint density at radius 3 is 2.12 bits per heavy atom. The summed E-state index contributed by atoms with van der Waals surface area (Å²) in [5.74, 6) is -1.20. The van der Waals surface area contributed by atoms with E-state index in [9.17, 15) is 31.1 Å². The molecule has 10 heteroatoms. The van der Waals surface area contributed by atoms with Crippen LogP contribution >= 0.6 is 0 Å². The first-order chi connectivity index (χ1) is 11.0. The smallest absolute Gasteiger partial charge is 0.416 e. The van der Waals surface area contributed by atoms with E-state index in [2.05, 4.69) is 0 Å². The second kappa shape index (κ2) is 6.50. The van der Waals surface area contributed by atoms with Gasteiger partial charge in [-0.1, -0.05) is 0 Å². The lowest BCUT2D eigenvalue weighted by Crippen LogP contribution is -2.25. The SMILES string of the molecule is O=C(O)COC1CCN(c2cc(C(F)(F)F)cc(C(F)(F)F)c2)C1. The summed E-state index contributed by atoms with van der Waals surface area (Å²) < 4.78 is 82.0. The fourth-order valence-corrected chi connectivity index (χ4v) is 2.41. The van der Waals surface area contributed by atoms with Crippen molar-refractivity contribution in [3.63, 3.8) is 0 Å². The Hall–Kier alpha value is -1.97. The van der Waals surface area contributed by atoms with Crippen LogP contribution in [0.1, 0.15) is 17.5 Å². The van der Waals surface area contributed by atoms with Gasteiger partial charge in [0.25, 0.3) is 0 Å². The van der Waals surface area contributed by atoms with Gasteiger partial charge in [0.2, 0.25) is 0 Å². The number of carbonyl (C=O) groups is 1. The molecular weight excluding hydrogens is 344 g/mol. The number of alkyl halides is 6. The zero-order chi connectivity index (χ0) is 18.1. The van der Waals surface area contributed by atoms with E-state index >= 15 is 0 Å². The summed E-state index contributed by atoms with van der Waals surface area (Å²) in [6.07, 6.45) is -10.1. The number of carboxylic acids is 1. The Kier molecular flexibility index (Phi) is 4.97. The Labute approximate surface area is 132 Å². The fourth-order valence-electron chi connectivity index (χ4n) is 2.41. The second-order valence-electron chi connectivity index (χ2n) is 5.33. The molecule has 0 aromatic heterocycles. The Morgan fingerprint density at radius 2 is 1.67 bits per heavy atom. The van der Waals surface area contributed by atoms with Crippen LogP contribution in [0.15, 0.2) is 18.2 Å². The highest BCUT2D eigenvalue weighted by atomic mass is 19.4. The summed E-state index contributed by atoms with van der Waals surface area (Å²) in [7, 11) is 0. The molecule has 1 fully saturated rings. The summed E-state index contributed by atoms with van der Waals surface area (Å²) in [4.78, 5) is 11.7. The van der Waals surface area contributed by atoms with Crippen molar-refractivity contribution in [2.24, 2.45) is 0 Å². The molecule has 1 heterocycles. The van der Waals surface area contributed by atoms with Gasteiger partial charge in [0.1, 0.15) is 6.61 Å². The highest BCUT2D eigenvalue weighted by Crippen LogP contribution is 2.39. The fraction of sp³-hybridized carbons (Fsp3) is 0.500. The van der Waals surface area contributed by atoms with Crippen LogP contribution in [0.5, 0.6) is 0 Å². The van der Waals surface area contributed by atoms with Gasteiger partial charge < -0.3 is 14.7 Å². The zero-order valence-corrected chi connectivity index (χ0v) is 12.1. The van der Waals surface area contributed by atoms with Crippen molar-refractivity contribution in [1.29, 1.82) is 0 Å². The number of nitrogens with zero attached hydrogens (tertiary/aromatic N) is 1. The average Bonchev–Trinajstić information content (AvgIpc) is 2.91. The van der Waals surface area contributed by atoms with E-state index in [1.165, 1.54) is 4.90 Å². The van der Waals surface area contributed by atoms with E-state index in [4.69, 9.17) is 9.84 Å². The molecule has 0 radical (unpaired) electrons. The number of ether oxygens (including phenoxy) is 1. The highest BCUT2D eigenvalue weighted by molar-refractivity contribution is 5.68. The van der Waals surface area contributed by atoms with Gasteiger partial charge >= 0.3 is 18.3 Å². The zero-order valence-electron chi connectivity index (χ0n) is 12.1. The van der Waals surface area contributed by atoms with Crippen LogP contribution < -0.4 is 4.90 Å². The van der Waals surface area contributed by atoms with E-state index in [-0.39, 0.29) is 24.8 Å². The predicted octanol–water partition coefficient (Wildman–Crippen LogP) is 3.40. The third-order valence-electron chi connectivity index (χ3n) is 3.53. The number of halogens is 6. The van der Waals surface area contributed by atoms with Crippen LogP contribution in [0.25, 0.3) is 0 Å². The predicted molar refractivity (Wildman–Crippen MR) is 70.7 cm³/mol. The maximum Gasteiger partial charge on any atom is 0.416 e. The average molecular weight is 357 g/mol. The lowest BCUT2D eigenvalue weighted by Gasteiger charge is -2.22. The van der Waals surface area contributed by atoms with Crippen molar-refractivity contribution < 1.29 is 41.0 Å². The maximum absolute atomic E-state index is 12.8. The minimum absolute atomic E-state index is 0.0197. The van der Waals surface area contributed by atoms with Crippen molar-refractivity contribution in [3.05, 3.63) is 29.3 Å². The molecule has 0 bridgehead atoms. The lowest BCUT2D eigenvalue weighted by atomic mass is 10.1. The summed E-state index contributed by atoms with van der Waals surface area (Å²) >= 11 is 0. The van der Waals surface area contributed by atoms with Gasteiger partial charge in [-0.2, -0.15) is 26.3 Å². The molecule has 2 rings (SSSR count). The molecule has 1 N–H and O–H groups in total. The molecule has 1 saturated heterocycles. The van der Waals surface area contributed by atoms with Crippen molar-refractivity contribution in [1.82, 2.24) is 0 Å². The van der Waals surface area contributed by atoms with Gasteiger partial charge in [-0.3, -0.25) is 0 Å². The highest BCUT2D eigenvalue weighted by Gasteiger charge is 2.38. The molecule has 0 saturated carbocycles. The first kappa shape index (κ1) is 18.4. The van der Waals surface area contributed by atoms with E-state index < -0.39 is 42.2 Å². The molecule has 24 heavy (non-hydrogen) atoms. The van der Waals surface area contributed by atoms with Crippen LogP contribution in [0.4, 0.5) is 32.0 Å². The van der Waals surface area contributed by atoms with Crippen molar-refractivity contribution in [2.45, 2.75) is 24.9 Å². The standard InChI is InChI=1S/C14H13F6NO3/c15-13(16,17)8-3-9(14(18,19)20)5-10(4-8)21-2-1-11(6-21)24-7-12(22)23/h3-5,11H,1-2,6-7H2,(H,22,23). The largest absolute Gasteiger partial charge is 0.480 e. The minimum atomic E-state index is -4.91. The monoisotopic (exact) mass is 357 g/mol. The Morgan fingerprint density at radius 1 is 1.12 bits per heavy atom. The molecule has 134 valence electrons. The van der Waals surface area contributed by atoms with E-state index in [0.29, 0.717) is 18.6 Å². The first-order valence-corrected chi connectivity index (χ1v) is 6.84. The van der Waals surface area contributed by atoms with Crippen LogP contribution in [-0.4, -0.2) is 36.9 Å². The third kappa shape index (κ3) is 4.53. The molecular formula is C14H13F6NO3. The molecule has 1 aliphatic heterocycles. The number of carboxylic acid groups (broad SMARTS) is 1. The summed E-state index contributed by atoms with van der Waals surface area (Å²) in [6, 6.07) is 1.36. The Balaban J connectivity index is 2.25. The lowest BCUT2D eigenvalue weighted by molar-refractivity contribution is -0.144. The molecule has 1 aromatic rings. The van der Waals surface area contributed by atoms with Gasteiger partial charge in [-0.25, -0.2) is 4.79 Å². The van der Waals surface area contributed by atoms with Gasteiger partial charge in [0.05, 0.1) is 17.2 Å². The number of aliphatic carboxylic acids is 1. The summed E-state index contributed by atoms with van der Waals surface area (Å²) in [6.45, 7) is -0.385. The normalized spacial score (nSPS) is 18.9. The van der Waals surface area contributed by atoms with Gasteiger partial charge in [0, 0.05) is 18.8 Å². The quantitative estimate of drug-likeness (QED) is 0.840. The molecule has 1 aliphatic rings. The number of hydrogen-bond donors (Lipinski definition) is 1. The molecule has 1 aromatic carbocycles. The molecule has 1 atom stereocenters. The van der Waals surface area contributed by atoms with Crippen LogP contribution in [-0.2, 0) is 21.9 Å². The second-order valence-corrected chi connectivity index (χ2v) is 5.33. The van der Waals surface area contributed by atoms with Crippen LogP contribution in [0.2, 0.25) is 0 Å². The van der Waals surface area contributed by atoms with Gasteiger partial charge in [0.15, 0.2) is 0 Å². The van der Waals surface area contributed by atoms with Crippen molar-refractivity contribution in [3.8, 4) is 0 Å². The third-order valence-corrected chi connectivity index (χ3v) is 3.53. The van der Waals surface area contributed by atoms with Crippen LogP contribution in [0.3, 0.4) is 0 Å². The van der Waals surface area contributed by atoms with E-state index in [1.807, 2.05) is 0 Å². The maximum atomic E-state index is 12.8. The van der Waals surface area contributed by atoms with Crippen molar-refractivity contribution in [2.75, 3.05) is 24.6 Å². The Bertz CT molecular complexity index is 581. The molecule has 1 unspecified atom stereocenters. The molecule has 0 amide bonds. The number of hydrogen-bond acceptors (Lipinski definition) is 3. The summed E-state index contributed by atoms with van der Waals surface area (Å²) in [5.41, 5.74) is -3.00. The van der Waals surface area contributed by atoms with Gasteiger partial charge in [-0.05, 0) is 24.6 Å². The summed E-state index contributed by atoms with van der Waals surface area (Å²) in [5, 5.41) is 8.52. The van der Waals surface area contributed by atoms with Crippen molar-refractivity contribution >= 4 is 11.7 Å².